The number of carboxylic acid groups (broad SMARTS) is 1. The fourth-order valence-corrected chi connectivity index (χ4v) is 4.96. The molecule has 0 bridgehead atoms. The molecule has 0 saturated heterocycles. The van der Waals surface area contributed by atoms with Gasteiger partial charge < -0.3 is 15.2 Å². The van der Waals surface area contributed by atoms with E-state index in [1.807, 2.05) is 43.3 Å². The van der Waals surface area contributed by atoms with Gasteiger partial charge in [0.1, 0.15) is 6.61 Å². The summed E-state index contributed by atoms with van der Waals surface area (Å²) in [5.41, 5.74) is 4.60. The van der Waals surface area contributed by atoms with Crippen LogP contribution in [0.2, 0.25) is 0 Å². The standard InChI is InChI=1S/C24H23NO4S/c1-2-15-11-12-22(30-15)21(13-23(26)27)25-24(28)29-14-20-18-9-5-3-7-16(18)17-8-4-6-10-19(17)20/h3-12,20-21H,2,13-14H2,1H3,(H,25,28)(H,26,27)/t21-/m0/s1. The fraction of sp³-hybridized carbons (Fsp3) is 0.250. The molecule has 1 amide bonds. The number of hydrogen-bond acceptors (Lipinski definition) is 4. The van der Waals surface area contributed by atoms with E-state index in [4.69, 9.17) is 4.74 Å². The molecule has 1 aliphatic carbocycles. The summed E-state index contributed by atoms with van der Waals surface area (Å²) < 4.78 is 5.57. The number of aryl methyl sites for hydroxylation is 1. The second-order valence-corrected chi connectivity index (χ2v) is 8.48. The summed E-state index contributed by atoms with van der Waals surface area (Å²) >= 11 is 1.52. The topological polar surface area (TPSA) is 75.6 Å². The Morgan fingerprint density at radius 2 is 1.67 bits per heavy atom. The molecule has 2 aromatic carbocycles. The molecule has 0 radical (unpaired) electrons. The lowest BCUT2D eigenvalue weighted by Gasteiger charge is -2.18. The minimum atomic E-state index is -0.967. The smallest absolute Gasteiger partial charge is 0.407 e. The van der Waals surface area contributed by atoms with Gasteiger partial charge in [-0.1, -0.05) is 55.5 Å². The van der Waals surface area contributed by atoms with Crippen LogP contribution in [-0.2, 0) is 16.0 Å². The molecule has 3 aromatic rings. The molecule has 1 aliphatic rings. The van der Waals surface area contributed by atoms with Crippen molar-refractivity contribution in [2.75, 3.05) is 6.61 Å². The monoisotopic (exact) mass is 421 g/mol. The van der Waals surface area contributed by atoms with Crippen molar-refractivity contribution < 1.29 is 19.4 Å². The first-order chi connectivity index (χ1) is 14.6. The van der Waals surface area contributed by atoms with Gasteiger partial charge >= 0.3 is 12.1 Å². The first-order valence-corrected chi connectivity index (χ1v) is 10.8. The zero-order chi connectivity index (χ0) is 21.1. The lowest BCUT2D eigenvalue weighted by atomic mass is 9.98. The van der Waals surface area contributed by atoms with Gasteiger partial charge in [0.25, 0.3) is 0 Å². The third-order valence-corrected chi connectivity index (χ3v) is 6.73. The Morgan fingerprint density at radius 1 is 1.03 bits per heavy atom. The van der Waals surface area contributed by atoms with Crippen molar-refractivity contribution in [2.45, 2.75) is 31.7 Å². The first-order valence-electron chi connectivity index (χ1n) is 9.98. The number of carbonyl (C=O) groups excluding carboxylic acids is 1. The number of amides is 1. The number of rotatable bonds is 7. The van der Waals surface area contributed by atoms with Crippen LogP contribution < -0.4 is 5.32 Å². The molecule has 1 heterocycles. The summed E-state index contributed by atoms with van der Waals surface area (Å²) in [7, 11) is 0. The number of ether oxygens (including phenoxy) is 1. The second kappa shape index (κ2) is 8.71. The van der Waals surface area contributed by atoms with Gasteiger partial charge in [0.15, 0.2) is 0 Å². The third kappa shape index (κ3) is 4.09. The Hall–Kier alpha value is -3.12. The number of carboxylic acids is 1. The van der Waals surface area contributed by atoms with Crippen LogP contribution in [0.5, 0.6) is 0 Å². The Labute approximate surface area is 179 Å². The predicted molar refractivity (Wildman–Crippen MR) is 117 cm³/mol. The number of hydrogen-bond donors (Lipinski definition) is 2. The molecule has 6 heteroatoms. The van der Waals surface area contributed by atoms with Crippen molar-refractivity contribution in [2.24, 2.45) is 0 Å². The second-order valence-electron chi connectivity index (χ2n) is 7.28. The van der Waals surface area contributed by atoms with Gasteiger partial charge in [0, 0.05) is 15.7 Å². The van der Waals surface area contributed by atoms with Crippen LogP contribution in [0.4, 0.5) is 4.79 Å². The zero-order valence-electron chi connectivity index (χ0n) is 16.6. The van der Waals surface area contributed by atoms with Crippen LogP contribution in [0.25, 0.3) is 11.1 Å². The molecule has 4 rings (SSSR count). The van der Waals surface area contributed by atoms with Crippen LogP contribution in [-0.4, -0.2) is 23.8 Å². The van der Waals surface area contributed by atoms with Crippen LogP contribution in [0, 0.1) is 0 Å². The summed E-state index contributed by atoms with van der Waals surface area (Å²) in [4.78, 5) is 25.8. The zero-order valence-corrected chi connectivity index (χ0v) is 17.4. The van der Waals surface area contributed by atoms with Crippen molar-refractivity contribution in [3.63, 3.8) is 0 Å². The SMILES string of the molecule is CCc1ccc([C@H](CC(=O)O)NC(=O)OCC2c3ccccc3-c3ccccc32)s1. The van der Waals surface area contributed by atoms with Gasteiger partial charge in [-0.3, -0.25) is 4.79 Å². The van der Waals surface area contributed by atoms with Gasteiger partial charge in [-0.15, -0.1) is 11.3 Å². The van der Waals surface area contributed by atoms with Crippen molar-refractivity contribution in [3.8, 4) is 11.1 Å². The van der Waals surface area contributed by atoms with Crippen molar-refractivity contribution >= 4 is 23.4 Å². The summed E-state index contributed by atoms with van der Waals surface area (Å²) in [5.74, 6) is -1.00. The van der Waals surface area contributed by atoms with Crippen LogP contribution in [0.3, 0.4) is 0 Å². The largest absolute Gasteiger partial charge is 0.481 e. The van der Waals surface area contributed by atoms with E-state index >= 15 is 0 Å². The molecule has 0 spiro atoms. The number of carbonyl (C=O) groups is 2. The summed E-state index contributed by atoms with van der Waals surface area (Å²) in [5, 5.41) is 12.0. The van der Waals surface area contributed by atoms with Crippen molar-refractivity contribution in [1.29, 1.82) is 0 Å². The maximum absolute atomic E-state index is 12.5. The highest BCUT2D eigenvalue weighted by molar-refractivity contribution is 7.12. The van der Waals surface area contributed by atoms with Gasteiger partial charge in [0.2, 0.25) is 0 Å². The van der Waals surface area contributed by atoms with E-state index < -0.39 is 18.1 Å². The number of thiophene rings is 1. The first kappa shape index (κ1) is 20.2. The van der Waals surface area contributed by atoms with Crippen LogP contribution >= 0.6 is 11.3 Å². The molecular weight excluding hydrogens is 398 g/mol. The molecule has 1 atom stereocenters. The molecule has 30 heavy (non-hydrogen) atoms. The lowest BCUT2D eigenvalue weighted by molar-refractivity contribution is -0.137. The number of nitrogens with one attached hydrogen (secondary N) is 1. The Kier molecular flexibility index (Phi) is 5.86. The van der Waals surface area contributed by atoms with E-state index in [-0.39, 0.29) is 18.9 Å². The van der Waals surface area contributed by atoms with Gasteiger partial charge in [-0.25, -0.2) is 4.79 Å². The fourth-order valence-electron chi connectivity index (χ4n) is 3.95. The molecule has 5 nitrogen and oxygen atoms in total. The molecule has 0 saturated carbocycles. The highest BCUT2D eigenvalue weighted by atomic mass is 32.1. The third-order valence-electron chi connectivity index (χ3n) is 5.39. The molecule has 154 valence electrons. The summed E-state index contributed by atoms with van der Waals surface area (Å²) in [6.45, 7) is 2.24. The van der Waals surface area contributed by atoms with E-state index in [0.29, 0.717) is 0 Å². The van der Waals surface area contributed by atoms with Gasteiger partial charge in [-0.05, 0) is 40.8 Å². The molecule has 0 fully saturated rings. The van der Waals surface area contributed by atoms with Crippen LogP contribution in [0.15, 0.2) is 60.7 Å². The number of aliphatic carboxylic acids is 1. The van der Waals surface area contributed by atoms with E-state index in [9.17, 15) is 14.7 Å². The molecule has 0 aliphatic heterocycles. The van der Waals surface area contributed by atoms with Crippen molar-refractivity contribution in [3.05, 3.63) is 81.5 Å². The Bertz CT molecular complexity index is 1030. The maximum atomic E-state index is 12.5. The number of alkyl carbamates (subject to hydrolysis) is 1. The molecule has 2 N–H and O–H groups in total. The summed E-state index contributed by atoms with van der Waals surface area (Å²) in [6.07, 6.45) is 0.0815. The average Bonchev–Trinajstić information content (AvgIpc) is 3.35. The molecule has 1 aromatic heterocycles. The van der Waals surface area contributed by atoms with E-state index in [1.54, 1.807) is 0 Å². The molecule has 0 unspecified atom stereocenters. The number of benzene rings is 2. The van der Waals surface area contributed by atoms with Gasteiger partial charge in [-0.2, -0.15) is 0 Å². The average molecular weight is 422 g/mol. The van der Waals surface area contributed by atoms with Crippen molar-refractivity contribution in [1.82, 2.24) is 5.32 Å². The Morgan fingerprint density at radius 3 is 2.23 bits per heavy atom. The van der Waals surface area contributed by atoms with E-state index in [1.165, 1.54) is 11.3 Å². The normalized spacial score (nSPS) is 13.4. The number of fused-ring (bicyclic) bond motifs is 3. The minimum absolute atomic E-state index is 0.0329. The van der Waals surface area contributed by atoms with E-state index in [2.05, 4.69) is 29.6 Å². The maximum Gasteiger partial charge on any atom is 0.407 e. The molecular formula is C24H23NO4S. The quantitative estimate of drug-likeness (QED) is 0.538. The van der Waals surface area contributed by atoms with E-state index in [0.717, 1.165) is 38.4 Å². The lowest BCUT2D eigenvalue weighted by Crippen LogP contribution is -2.31. The Balaban J connectivity index is 1.47. The van der Waals surface area contributed by atoms with Crippen LogP contribution in [0.1, 0.15) is 46.2 Å². The highest BCUT2D eigenvalue weighted by Crippen LogP contribution is 2.44. The summed E-state index contributed by atoms with van der Waals surface area (Å²) in [6, 6.07) is 19.5. The minimum Gasteiger partial charge on any atom is -0.481 e. The predicted octanol–water partition coefficient (Wildman–Crippen LogP) is 5.37. The highest BCUT2D eigenvalue weighted by Gasteiger charge is 2.29. The van der Waals surface area contributed by atoms with Gasteiger partial charge in [0.05, 0.1) is 12.5 Å².